The minimum absolute atomic E-state index is 0.206. The van der Waals surface area contributed by atoms with E-state index in [1.54, 1.807) is 0 Å². The van der Waals surface area contributed by atoms with Crippen LogP contribution in [0.25, 0.3) is 0 Å². The van der Waals surface area contributed by atoms with Crippen molar-refractivity contribution in [1.82, 2.24) is 9.78 Å². The monoisotopic (exact) mass is 278 g/mol. The van der Waals surface area contributed by atoms with Crippen molar-refractivity contribution in [2.24, 2.45) is 0 Å². The summed E-state index contributed by atoms with van der Waals surface area (Å²) in [4.78, 5) is 0. The van der Waals surface area contributed by atoms with Gasteiger partial charge in [0, 0.05) is 17.8 Å². The summed E-state index contributed by atoms with van der Waals surface area (Å²) in [6.07, 6.45) is 2.83. The minimum atomic E-state index is 0.206. The molecule has 2 unspecified atom stereocenters. The Balaban J connectivity index is 2.86. The Bertz CT molecular complexity index is 296. The highest BCUT2D eigenvalue weighted by atomic mass is 79.9. The largest absolute Gasteiger partial charge is 0.268 e. The normalized spacial score (nSPS) is 15.5. The van der Waals surface area contributed by atoms with Crippen molar-refractivity contribution >= 4 is 27.5 Å². The summed E-state index contributed by atoms with van der Waals surface area (Å²) in [5.41, 5.74) is 1.25. The highest BCUT2D eigenvalue weighted by Crippen LogP contribution is 2.28. The minimum Gasteiger partial charge on any atom is -0.268 e. The van der Waals surface area contributed by atoms with E-state index in [-0.39, 0.29) is 5.38 Å². The average Bonchev–Trinajstić information content (AvgIpc) is 2.45. The fourth-order valence-electron chi connectivity index (χ4n) is 1.71. The maximum Gasteiger partial charge on any atom is 0.0635 e. The van der Waals surface area contributed by atoms with Crippen molar-refractivity contribution < 1.29 is 0 Å². The maximum atomic E-state index is 5.99. The molecule has 2 nitrogen and oxygen atoms in total. The van der Waals surface area contributed by atoms with E-state index in [0.29, 0.717) is 5.92 Å². The highest BCUT2D eigenvalue weighted by Gasteiger charge is 2.16. The molecule has 0 N–H and O–H groups in total. The van der Waals surface area contributed by atoms with Crippen molar-refractivity contribution in [3.63, 3.8) is 0 Å². The van der Waals surface area contributed by atoms with Crippen LogP contribution in [0.3, 0.4) is 0 Å². The second kappa shape index (κ2) is 5.17. The van der Waals surface area contributed by atoms with Gasteiger partial charge in [0.15, 0.2) is 0 Å². The van der Waals surface area contributed by atoms with Crippen LogP contribution in [0.1, 0.15) is 38.8 Å². The lowest BCUT2D eigenvalue weighted by Gasteiger charge is -2.15. The predicted octanol–water partition coefficient (Wildman–Crippen LogP) is 3.79. The average molecular weight is 280 g/mol. The number of aryl methyl sites for hydroxylation is 1. The Kier molecular flexibility index (Phi) is 4.45. The quantitative estimate of drug-likeness (QED) is 0.767. The third-order valence-electron chi connectivity index (χ3n) is 2.28. The second-order valence-corrected chi connectivity index (χ2v) is 5.21. The number of hydrogen-bond donors (Lipinski definition) is 0. The number of halogens is 2. The van der Waals surface area contributed by atoms with Gasteiger partial charge < -0.3 is 0 Å². The maximum absolute atomic E-state index is 5.99. The van der Waals surface area contributed by atoms with Gasteiger partial charge in [0.1, 0.15) is 0 Å². The fourth-order valence-corrected chi connectivity index (χ4v) is 2.67. The Labute approximate surface area is 98.8 Å². The van der Waals surface area contributed by atoms with E-state index in [9.17, 15) is 0 Å². The molecule has 0 aromatic carbocycles. The number of aromatic nitrogens is 2. The SMILES string of the molecule is CCn1ncc(Br)c1C(C)CC(C)Cl. The third-order valence-corrected chi connectivity index (χ3v) is 3.07. The molecule has 1 rings (SSSR count). The summed E-state index contributed by atoms with van der Waals surface area (Å²) in [7, 11) is 0. The van der Waals surface area contributed by atoms with Crippen LogP contribution < -0.4 is 0 Å². The first-order chi connectivity index (χ1) is 6.56. The summed E-state index contributed by atoms with van der Waals surface area (Å²) >= 11 is 9.51. The Morgan fingerprint density at radius 3 is 2.71 bits per heavy atom. The molecule has 0 aliphatic rings. The number of hydrogen-bond acceptors (Lipinski definition) is 1. The molecular formula is C10H16BrClN2. The summed E-state index contributed by atoms with van der Waals surface area (Å²) in [6.45, 7) is 7.22. The van der Waals surface area contributed by atoms with Gasteiger partial charge in [0.25, 0.3) is 0 Å². The lowest BCUT2D eigenvalue weighted by atomic mass is 10.0. The summed E-state index contributed by atoms with van der Waals surface area (Å²) in [5, 5.41) is 4.49. The van der Waals surface area contributed by atoms with Crippen LogP contribution in [0.2, 0.25) is 0 Å². The molecule has 0 radical (unpaired) electrons. The molecule has 80 valence electrons. The van der Waals surface area contributed by atoms with Crippen LogP contribution in [-0.2, 0) is 6.54 Å². The first kappa shape index (κ1) is 12.1. The van der Waals surface area contributed by atoms with E-state index in [1.165, 1.54) is 5.69 Å². The van der Waals surface area contributed by atoms with Gasteiger partial charge in [-0.15, -0.1) is 11.6 Å². The zero-order valence-corrected chi connectivity index (χ0v) is 11.1. The van der Waals surface area contributed by atoms with Crippen LogP contribution in [0, 0.1) is 0 Å². The van der Waals surface area contributed by atoms with E-state index >= 15 is 0 Å². The molecule has 2 atom stereocenters. The van der Waals surface area contributed by atoms with Gasteiger partial charge in [0.2, 0.25) is 0 Å². The third kappa shape index (κ3) is 2.74. The van der Waals surface area contributed by atoms with Gasteiger partial charge in [-0.3, -0.25) is 4.68 Å². The summed E-state index contributed by atoms with van der Waals surface area (Å²) in [6, 6.07) is 0. The van der Waals surface area contributed by atoms with Crippen molar-refractivity contribution in [3.05, 3.63) is 16.4 Å². The molecule has 0 amide bonds. The molecule has 1 aromatic rings. The molecule has 0 bridgehead atoms. The lowest BCUT2D eigenvalue weighted by Crippen LogP contribution is -2.09. The first-order valence-electron chi connectivity index (χ1n) is 4.91. The molecule has 0 aliphatic heterocycles. The zero-order valence-electron chi connectivity index (χ0n) is 8.80. The smallest absolute Gasteiger partial charge is 0.0635 e. The Morgan fingerprint density at radius 2 is 2.21 bits per heavy atom. The molecule has 0 aliphatic carbocycles. The molecule has 1 heterocycles. The number of nitrogens with zero attached hydrogens (tertiary/aromatic N) is 2. The van der Waals surface area contributed by atoms with Crippen molar-refractivity contribution in [2.75, 3.05) is 0 Å². The number of alkyl halides is 1. The number of rotatable bonds is 4. The van der Waals surface area contributed by atoms with Crippen LogP contribution in [0.4, 0.5) is 0 Å². The van der Waals surface area contributed by atoms with Crippen molar-refractivity contribution in [2.45, 2.75) is 45.0 Å². The first-order valence-corrected chi connectivity index (χ1v) is 6.14. The summed E-state index contributed by atoms with van der Waals surface area (Å²) in [5.74, 6) is 0.444. The topological polar surface area (TPSA) is 17.8 Å². The molecular weight excluding hydrogens is 263 g/mol. The van der Waals surface area contributed by atoms with Crippen molar-refractivity contribution in [3.8, 4) is 0 Å². The van der Waals surface area contributed by atoms with Crippen LogP contribution in [0.15, 0.2) is 10.7 Å². The van der Waals surface area contributed by atoms with E-state index in [0.717, 1.165) is 17.4 Å². The zero-order chi connectivity index (χ0) is 10.7. The Morgan fingerprint density at radius 1 is 1.57 bits per heavy atom. The molecule has 1 aromatic heterocycles. The van der Waals surface area contributed by atoms with Crippen LogP contribution in [0.5, 0.6) is 0 Å². The predicted molar refractivity (Wildman–Crippen MR) is 63.9 cm³/mol. The van der Waals surface area contributed by atoms with Gasteiger partial charge >= 0.3 is 0 Å². The molecule has 14 heavy (non-hydrogen) atoms. The highest BCUT2D eigenvalue weighted by molar-refractivity contribution is 9.10. The Hall–Kier alpha value is -0.0200. The lowest BCUT2D eigenvalue weighted by molar-refractivity contribution is 0.557. The van der Waals surface area contributed by atoms with Gasteiger partial charge in [-0.1, -0.05) is 6.92 Å². The molecule has 0 fully saturated rings. The molecule has 0 saturated carbocycles. The molecule has 4 heteroatoms. The standard InChI is InChI=1S/C10H16BrClN2/c1-4-14-10(9(11)6-13-14)7(2)5-8(3)12/h6-8H,4-5H2,1-3H3. The summed E-state index contributed by atoms with van der Waals surface area (Å²) < 4.78 is 3.11. The van der Waals surface area contributed by atoms with E-state index in [1.807, 2.05) is 17.8 Å². The second-order valence-electron chi connectivity index (χ2n) is 3.61. The van der Waals surface area contributed by atoms with E-state index in [2.05, 4.69) is 34.9 Å². The fraction of sp³-hybridized carbons (Fsp3) is 0.700. The van der Waals surface area contributed by atoms with E-state index in [4.69, 9.17) is 11.6 Å². The molecule has 0 spiro atoms. The van der Waals surface area contributed by atoms with Gasteiger partial charge in [-0.25, -0.2) is 0 Å². The molecule has 0 saturated heterocycles. The van der Waals surface area contributed by atoms with Crippen molar-refractivity contribution in [1.29, 1.82) is 0 Å². The van der Waals surface area contributed by atoms with Gasteiger partial charge in [-0.2, -0.15) is 5.10 Å². The van der Waals surface area contributed by atoms with Gasteiger partial charge in [-0.05, 0) is 36.2 Å². The van der Waals surface area contributed by atoms with Crippen LogP contribution >= 0.6 is 27.5 Å². The van der Waals surface area contributed by atoms with Gasteiger partial charge in [0.05, 0.1) is 16.4 Å². The van der Waals surface area contributed by atoms with E-state index < -0.39 is 0 Å². The van der Waals surface area contributed by atoms with Crippen LogP contribution in [-0.4, -0.2) is 15.2 Å².